The molecule has 0 aromatic carbocycles. The van der Waals surface area contributed by atoms with Gasteiger partial charge in [0.15, 0.2) is 6.10 Å². The Labute approximate surface area is 500 Å². The van der Waals surface area contributed by atoms with E-state index in [1.165, 1.54) is 109 Å². The molecule has 0 spiro atoms. The first-order valence-electron chi connectivity index (χ1n) is 33.7. The Hall–Kier alpha value is -4.45. The van der Waals surface area contributed by atoms with Crippen molar-refractivity contribution in [3.8, 4) is 0 Å². The van der Waals surface area contributed by atoms with E-state index in [-0.39, 0.29) is 31.1 Å². The van der Waals surface area contributed by atoms with Gasteiger partial charge in [0.25, 0.3) is 0 Å². The lowest BCUT2D eigenvalue weighted by atomic mass is 10.0. The first-order chi connectivity index (χ1) is 40.0. The number of carbonyl (C=O) groups excluding carboxylic acids is 3. The molecule has 0 fully saturated rings. The lowest BCUT2D eigenvalue weighted by molar-refractivity contribution is -0.167. The largest absolute Gasteiger partial charge is 0.462 e. The van der Waals surface area contributed by atoms with Crippen LogP contribution in [0.1, 0.15) is 303 Å². The van der Waals surface area contributed by atoms with Crippen LogP contribution < -0.4 is 0 Å². The number of hydrogen-bond donors (Lipinski definition) is 0. The second-order valence-electron chi connectivity index (χ2n) is 22.0. The Morgan fingerprint density at radius 2 is 0.481 bits per heavy atom. The van der Waals surface area contributed by atoms with E-state index in [1.54, 1.807) is 0 Å². The molecule has 0 aromatic rings. The minimum absolute atomic E-state index is 0.0856. The quantitative estimate of drug-likeness (QED) is 0.0261. The van der Waals surface area contributed by atoms with Crippen molar-refractivity contribution in [1.29, 1.82) is 0 Å². The molecule has 81 heavy (non-hydrogen) atoms. The standard InChI is InChI=1S/C75H124O6/c1-4-7-10-13-16-19-22-25-27-28-29-30-31-32-33-34-35-36-37-38-39-40-41-42-43-44-45-46-48-50-53-56-59-62-65-68-74(77)80-71-72(70-79-73(76)67-64-61-58-55-52-49-24-21-18-15-12-9-6-3)81-75(78)69-66-63-60-57-54-51-47-26-23-20-17-14-11-8-5-2/h7-8,10-11,16-17,19-20,25-27,29-30,32-33,35-36,38-39,41-42,47,72H,4-6,9,12-15,18,21-24,28,31,34,37,40,43-46,48-71H2,1-3H3/b10-7-,11-8-,19-16-,20-17-,27-25-,30-29-,33-32-,36-35-,39-38-,42-41-,47-26-. The summed E-state index contributed by atoms with van der Waals surface area (Å²) in [5.41, 5.74) is 0. The van der Waals surface area contributed by atoms with Crippen LogP contribution in [0.2, 0.25) is 0 Å². The molecule has 1 atom stereocenters. The van der Waals surface area contributed by atoms with E-state index < -0.39 is 6.10 Å². The van der Waals surface area contributed by atoms with Crippen LogP contribution in [0.4, 0.5) is 0 Å². The van der Waals surface area contributed by atoms with E-state index in [4.69, 9.17) is 14.2 Å². The van der Waals surface area contributed by atoms with Gasteiger partial charge in [-0.25, -0.2) is 0 Å². The van der Waals surface area contributed by atoms with Crippen LogP contribution >= 0.6 is 0 Å². The molecule has 0 heterocycles. The van der Waals surface area contributed by atoms with Crippen LogP contribution in [0.5, 0.6) is 0 Å². The Morgan fingerprint density at radius 3 is 0.753 bits per heavy atom. The highest BCUT2D eigenvalue weighted by Crippen LogP contribution is 2.16. The van der Waals surface area contributed by atoms with Gasteiger partial charge < -0.3 is 14.2 Å². The Balaban J connectivity index is 4.23. The zero-order chi connectivity index (χ0) is 58.5. The van der Waals surface area contributed by atoms with Gasteiger partial charge in [-0.2, -0.15) is 0 Å². The maximum Gasteiger partial charge on any atom is 0.306 e. The fourth-order valence-corrected chi connectivity index (χ4v) is 9.18. The lowest BCUT2D eigenvalue weighted by Crippen LogP contribution is -2.30. The maximum atomic E-state index is 12.9. The van der Waals surface area contributed by atoms with E-state index in [0.717, 1.165) is 154 Å². The average Bonchev–Trinajstić information content (AvgIpc) is 3.46. The number of ether oxygens (including phenoxy) is 3. The van der Waals surface area contributed by atoms with Gasteiger partial charge in [0.2, 0.25) is 0 Å². The third-order valence-corrected chi connectivity index (χ3v) is 14.2. The van der Waals surface area contributed by atoms with Crippen molar-refractivity contribution in [2.24, 2.45) is 0 Å². The molecule has 0 saturated heterocycles. The van der Waals surface area contributed by atoms with Gasteiger partial charge in [-0.15, -0.1) is 0 Å². The van der Waals surface area contributed by atoms with Crippen LogP contribution in [0, 0.1) is 0 Å². The Bertz CT molecular complexity index is 1720. The number of esters is 3. The molecule has 0 N–H and O–H groups in total. The van der Waals surface area contributed by atoms with Crippen LogP contribution in [0.25, 0.3) is 0 Å². The second kappa shape index (κ2) is 68.1. The Kier molecular flexibility index (Phi) is 64.3. The van der Waals surface area contributed by atoms with Gasteiger partial charge in [0.05, 0.1) is 0 Å². The van der Waals surface area contributed by atoms with Gasteiger partial charge in [0, 0.05) is 19.3 Å². The summed E-state index contributed by atoms with van der Waals surface area (Å²) >= 11 is 0. The van der Waals surface area contributed by atoms with E-state index in [2.05, 4.69) is 154 Å². The summed E-state index contributed by atoms with van der Waals surface area (Å²) in [6.45, 7) is 6.41. The third kappa shape index (κ3) is 66.2. The average molecular weight is 1120 g/mol. The first-order valence-corrected chi connectivity index (χ1v) is 33.7. The highest BCUT2D eigenvalue weighted by atomic mass is 16.6. The fraction of sp³-hybridized carbons (Fsp3) is 0.667. The minimum Gasteiger partial charge on any atom is -0.462 e. The van der Waals surface area contributed by atoms with E-state index in [0.29, 0.717) is 19.3 Å². The molecule has 0 aliphatic heterocycles. The van der Waals surface area contributed by atoms with Crippen LogP contribution in [-0.2, 0) is 28.6 Å². The molecule has 0 aliphatic rings. The summed E-state index contributed by atoms with van der Waals surface area (Å²) in [4.78, 5) is 38.3. The van der Waals surface area contributed by atoms with Crippen molar-refractivity contribution in [2.45, 2.75) is 309 Å². The van der Waals surface area contributed by atoms with Crippen LogP contribution in [0.3, 0.4) is 0 Å². The summed E-state index contributed by atoms with van der Waals surface area (Å²) in [5.74, 6) is -0.901. The van der Waals surface area contributed by atoms with Crippen LogP contribution in [0.15, 0.2) is 134 Å². The summed E-state index contributed by atoms with van der Waals surface area (Å²) in [7, 11) is 0. The van der Waals surface area contributed by atoms with Gasteiger partial charge in [-0.1, -0.05) is 302 Å². The zero-order valence-corrected chi connectivity index (χ0v) is 52.8. The summed E-state index contributed by atoms with van der Waals surface area (Å²) < 4.78 is 16.9. The molecule has 0 amide bonds. The monoisotopic (exact) mass is 1120 g/mol. The predicted molar refractivity (Wildman–Crippen MR) is 353 cm³/mol. The van der Waals surface area contributed by atoms with E-state index in [1.807, 2.05) is 0 Å². The number of rotatable bonds is 60. The third-order valence-electron chi connectivity index (χ3n) is 14.2. The van der Waals surface area contributed by atoms with Crippen molar-refractivity contribution in [2.75, 3.05) is 13.2 Å². The molecule has 460 valence electrons. The highest BCUT2D eigenvalue weighted by Gasteiger charge is 2.19. The first kappa shape index (κ1) is 76.5. The van der Waals surface area contributed by atoms with Crippen molar-refractivity contribution < 1.29 is 28.6 Å². The van der Waals surface area contributed by atoms with E-state index in [9.17, 15) is 14.4 Å². The van der Waals surface area contributed by atoms with Gasteiger partial charge in [-0.05, 0) is 116 Å². The fourth-order valence-electron chi connectivity index (χ4n) is 9.18. The van der Waals surface area contributed by atoms with E-state index >= 15 is 0 Å². The molecule has 1 unspecified atom stereocenters. The molecule has 0 aromatic heterocycles. The van der Waals surface area contributed by atoms with Crippen LogP contribution in [-0.4, -0.2) is 37.2 Å². The summed E-state index contributed by atoms with van der Waals surface area (Å²) in [6, 6.07) is 0. The number of unbranched alkanes of at least 4 members (excludes halogenated alkanes) is 27. The summed E-state index contributed by atoms with van der Waals surface area (Å²) in [6.07, 6.45) is 96.1. The van der Waals surface area contributed by atoms with Gasteiger partial charge in [0.1, 0.15) is 13.2 Å². The maximum absolute atomic E-state index is 12.9. The van der Waals surface area contributed by atoms with Crippen molar-refractivity contribution in [1.82, 2.24) is 0 Å². The molecule has 6 heteroatoms. The smallest absolute Gasteiger partial charge is 0.306 e. The molecular weight excluding hydrogens is 997 g/mol. The summed E-state index contributed by atoms with van der Waals surface area (Å²) in [5, 5.41) is 0. The Morgan fingerprint density at radius 1 is 0.259 bits per heavy atom. The molecule has 0 saturated carbocycles. The van der Waals surface area contributed by atoms with Crippen molar-refractivity contribution >= 4 is 17.9 Å². The predicted octanol–water partition coefficient (Wildman–Crippen LogP) is 23.3. The van der Waals surface area contributed by atoms with Gasteiger partial charge in [-0.3, -0.25) is 14.4 Å². The SMILES string of the molecule is CC/C=C\C/C=C\C/C=C\C/C=C\C/C=C\C/C=C\C/C=C\C/C=C\CCCCCCCCCCCCC(=O)OCC(COC(=O)CCCCCCCCCCCCCCC)OC(=O)CCCCCCC/C=C\C/C=C\C/C=C\CC. The number of carbonyl (C=O) groups is 3. The number of hydrogen-bond acceptors (Lipinski definition) is 6. The molecule has 6 nitrogen and oxygen atoms in total. The van der Waals surface area contributed by atoms with Gasteiger partial charge >= 0.3 is 17.9 Å². The number of allylic oxidation sites excluding steroid dienone is 22. The lowest BCUT2D eigenvalue weighted by Gasteiger charge is -2.18. The highest BCUT2D eigenvalue weighted by molar-refractivity contribution is 5.71. The molecule has 0 radical (unpaired) electrons. The minimum atomic E-state index is -0.791. The van der Waals surface area contributed by atoms with Crippen molar-refractivity contribution in [3.63, 3.8) is 0 Å². The van der Waals surface area contributed by atoms with Crippen molar-refractivity contribution in [3.05, 3.63) is 134 Å². The molecule has 0 rings (SSSR count). The topological polar surface area (TPSA) is 78.9 Å². The molecule has 0 bridgehead atoms. The normalized spacial score (nSPS) is 13.0. The second-order valence-corrected chi connectivity index (χ2v) is 22.0. The zero-order valence-electron chi connectivity index (χ0n) is 52.8. The molecular formula is C75H124O6. The molecule has 0 aliphatic carbocycles.